The molecule has 0 aliphatic carbocycles. The molecule has 2 amide bonds. The van der Waals surface area contributed by atoms with Gasteiger partial charge in [-0.05, 0) is 24.1 Å². The van der Waals surface area contributed by atoms with E-state index >= 15 is 0 Å². The molecular weight excluding hydrogens is 368 g/mol. The molecule has 1 atom stereocenters. The van der Waals surface area contributed by atoms with Crippen molar-refractivity contribution in [3.8, 4) is 0 Å². The second-order valence-electron chi connectivity index (χ2n) is 7.55. The van der Waals surface area contributed by atoms with Crippen LogP contribution in [-0.2, 0) is 25.5 Å². The molecule has 3 aliphatic heterocycles. The quantitative estimate of drug-likeness (QED) is 0.787. The first-order valence-electron chi connectivity index (χ1n) is 9.64. The summed E-state index contributed by atoms with van der Waals surface area (Å²) in [6, 6.07) is 7.66. The molecule has 0 saturated carbocycles. The van der Waals surface area contributed by atoms with E-state index in [4.69, 9.17) is 21.1 Å². The third-order valence-corrected chi connectivity index (χ3v) is 6.05. The lowest BCUT2D eigenvalue weighted by molar-refractivity contribution is -0.188. The first kappa shape index (κ1) is 18.7. The van der Waals surface area contributed by atoms with Gasteiger partial charge in [0.25, 0.3) is 0 Å². The molecule has 3 aliphatic rings. The summed E-state index contributed by atoms with van der Waals surface area (Å²) >= 11 is 5.91. The van der Waals surface area contributed by atoms with E-state index in [9.17, 15) is 9.59 Å². The van der Waals surface area contributed by atoms with E-state index in [1.165, 1.54) is 0 Å². The molecule has 6 nitrogen and oxygen atoms in total. The molecule has 27 heavy (non-hydrogen) atoms. The smallest absolute Gasteiger partial charge is 0.228 e. The highest BCUT2D eigenvalue weighted by Crippen LogP contribution is 2.32. The molecule has 1 aromatic carbocycles. The summed E-state index contributed by atoms with van der Waals surface area (Å²) in [6.45, 7) is 3.68. The monoisotopic (exact) mass is 392 g/mol. The fraction of sp³-hybridized carbons (Fsp3) is 0.600. The van der Waals surface area contributed by atoms with E-state index in [0.717, 1.165) is 12.0 Å². The molecule has 3 saturated heterocycles. The van der Waals surface area contributed by atoms with E-state index in [1.807, 2.05) is 34.1 Å². The highest BCUT2D eigenvalue weighted by molar-refractivity contribution is 6.30. The Balaban J connectivity index is 1.28. The molecule has 3 heterocycles. The van der Waals surface area contributed by atoms with E-state index in [0.29, 0.717) is 63.7 Å². The van der Waals surface area contributed by atoms with Crippen molar-refractivity contribution < 1.29 is 19.1 Å². The minimum Gasteiger partial charge on any atom is -0.347 e. The molecule has 0 aromatic heterocycles. The number of carbonyl (C=O) groups excluding carboxylic acids is 2. The van der Waals surface area contributed by atoms with Crippen molar-refractivity contribution in [2.75, 3.05) is 39.4 Å². The highest BCUT2D eigenvalue weighted by atomic mass is 35.5. The average Bonchev–Trinajstić information content (AvgIpc) is 3.28. The molecule has 1 unspecified atom stereocenters. The van der Waals surface area contributed by atoms with Gasteiger partial charge in [0.15, 0.2) is 5.79 Å². The number of piperidine rings is 1. The minimum absolute atomic E-state index is 0.0678. The van der Waals surface area contributed by atoms with Crippen LogP contribution in [0.4, 0.5) is 0 Å². The predicted molar refractivity (Wildman–Crippen MR) is 100 cm³/mol. The number of nitrogens with zero attached hydrogens (tertiary/aromatic N) is 2. The number of likely N-dealkylation sites (tertiary alicyclic amines) is 2. The van der Waals surface area contributed by atoms with Crippen molar-refractivity contribution in [3.63, 3.8) is 0 Å². The van der Waals surface area contributed by atoms with Crippen LogP contribution < -0.4 is 0 Å². The van der Waals surface area contributed by atoms with Crippen molar-refractivity contribution in [2.45, 2.75) is 31.5 Å². The Morgan fingerprint density at radius 1 is 1.15 bits per heavy atom. The van der Waals surface area contributed by atoms with Gasteiger partial charge in [0.2, 0.25) is 11.8 Å². The summed E-state index contributed by atoms with van der Waals surface area (Å²) in [5.41, 5.74) is 1.14. The summed E-state index contributed by atoms with van der Waals surface area (Å²) in [7, 11) is 0. The molecule has 1 spiro atoms. The predicted octanol–water partition coefficient (Wildman–Crippen LogP) is 2.10. The van der Waals surface area contributed by atoms with Crippen LogP contribution in [0.5, 0.6) is 0 Å². The number of ether oxygens (including phenoxy) is 2. The number of halogens is 1. The lowest BCUT2D eigenvalue weighted by Crippen LogP contribution is -2.49. The zero-order chi connectivity index (χ0) is 18.9. The van der Waals surface area contributed by atoms with E-state index < -0.39 is 5.79 Å². The summed E-state index contributed by atoms with van der Waals surface area (Å²) in [6.07, 6.45) is 2.50. The van der Waals surface area contributed by atoms with Crippen molar-refractivity contribution in [1.29, 1.82) is 0 Å². The topological polar surface area (TPSA) is 59.1 Å². The zero-order valence-corrected chi connectivity index (χ0v) is 16.1. The van der Waals surface area contributed by atoms with Gasteiger partial charge < -0.3 is 19.3 Å². The summed E-state index contributed by atoms with van der Waals surface area (Å²) in [5, 5.41) is 0.707. The van der Waals surface area contributed by atoms with E-state index in [1.54, 1.807) is 0 Å². The third-order valence-electron chi connectivity index (χ3n) is 5.80. The Bertz CT molecular complexity index is 692. The summed E-state index contributed by atoms with van der Waals surface area (Å²) < 4.78 is 11.4. The van der Waals surface area contributed by atoms with Gasteiger partial charge in [-0.25, -0.2) is 0 Å². The molecule has 0 bridgehead atoms. The SMILES string of the molecule is O=C1CC(C(=O)N2CCC3(CC2)OCCO3)CN1CCc1ccc(Cl)cc1. The Labute approximate surface area is 164 Å². The molecule has 0 radical (unpaired) electrons. The van der Waals surface area contributed by atoms with Gasteiger partial charge in [-0.3, -0.25) is 9.59 Å². The molecule has 7 heteroatoms. The van der Waals surface area contributed by atoms with Gasteiger partial charge in [-0.15, -0.1) is 0 Å². The Kier molecular flexibility index (Phi) is 5.39. The van der Waals surface area contributed by atoms with E-state index in [-0.39, 0.29) is 17.7 Å². The molecule has 146 valence electrons. The zero-order valence-electron chi connectivity index (χ0n) is 15.4. The molecule has 4 rings (SSSR count). The average molecular weight is 393 g/mol. The highest BCUT2D eigenvalue weighted by Gasteiger charge is 2.43. The lowest BCUT2D eigenvalue weighted by Gasteiger charge is -2.38. The Hall–Kier alpha value is -1.63. The van der Waals surface area contributed by atoms with Crippen molar-refractivity contribution in [2.24, 2.45) is 5.92 Å². The van der Waals surface area contributed by atoms with Crippen molar-refractivity contribution >= 4 is 23.4 Å². The maximum absolute atomic E-state index is 12.9. The fourth-order valence-corrected chi connectivity index (χ4v) is 4.31. The number of amides is 2. The summed E-state index contributed by atoms with van der Waals surface area (Å²) in [5.74, 6) is -0.557. The van der Waals surface area contributed by atoms with Crippen LogP contribution in [0.3, 0.4) is 0 Å². The first-order chi connectivity index (χ1) is 13.0. The number of benzene rings is 1. The van der Waals surface area contributed by atoms with Crippen LogP contribution in [0.1, 0.15) is 24.8 Å². The van der Waals surface area contributed by atoms with Crippen molar-refractivity contribution in [1.82, 2.24) is 9.80 Å². The standard InChI is InChI=1S/C20H25ClN2O4/c21-17-3-1-15(2-4-17)5-8-23-14-16(13-18(23)24)19(25)22-9-6-20(7-10-22)26-11-12-27-20/h1-4,16H,5-14H2. The normalized spacial score (nSPS) is 24.8. The number of hydrogen-bond acceptors (Lipinski definition) is 4. The third kappa shape index (κ3) is 4.13. The molecule has 0 N–H and O–H groups in total. The van der Waals surface area contributed by atoms with Gasteiger partial charge in [0.1, 0.15) is 0 Å². The van der Waals surface area contributed by atoms with Crippen LogP contribution in [0, 0.1) is 5.92 Å². The van der Waals surface area contributed by atoms with Crippen LogP contribution in [0.25, 0.3) is 0 Å². The van der Waals surface area contributed by atoms with Crippen molar-refractivity contribution in [3.05, 3.63) is 34.9 Å². The largest absolute Gasteiger partial charge is 0.347 e. The number of hydrogen-bond donors (Lipinski definition) is 0. The van der Waals surface area contributed by atoms with Gasteiger partial charge >= 0.3 is 0 Å². The molecule has 1 aromatic rings. The molecular formula is C20H25ClN2O4. The van der Waals surface area contributed by atoms with Crippen LogP contribution >= 0.6 is 11.6 Å². The van der Waals surface area contributed by atoms with Gasteiger partial charge in [-0.2, -0.15) is 0 Å². The van der Waals surface area contributed by atoms with Gasteiger partial charge in [-0.1, -0.05) is 23.7 Å². The maximum atomic E-state index is 12.9. The van der Waals surface area contributed by atoms with Crippen LogP contribution in [0.2, 0.25) is 5.02 Å². The maximum Gasteiger partial charge on any atom is 0.228 e. The second kappa shape index (κ2) is 7.78. The Morgan fingerprint density at radius 3 is 2.48 bits per heavy atom. The second-order valence-corrected chi connectivity index (χ2v) is 7.99. The molecule has 3 fully saturated rings. The summed E-state index contributed by atoms with van der Waals surface area (Å²) in [4.78, 5) is 28.9. The van der Waals surface area contributed by atoms with Crippen LogP contribution in [-0.4, -0.2) is 66.8 Å². The Morgan fingerprint density at radius 2 is 1.81 bits per heavy atom. The number of rotatable bonds is 4. The van der Waals surface area contributed by atoms with Gasteiger partial charge in [0, 0.05) is 50.5 Å². The lowest BCUT2D eigenvalue weighted by atomic mass is 10.0. The van der Waals surface area contributed by atoms with Gasteiger partial charge in [0.05, 0.1) is 19.1 Å². The fourth-order valence-electron chi connectivity index (χ4n) is 4.18. The van der Waals surface area contributed by atoms with Crippen LogP contribution in [0.15, 0.2) is 24.3 Å². The minimum atomic E-state index is -0.479. The first-order valence-corrected chi connectivity index (χ1v) is 10.0. The number of carbonyl (C=O) groups is 2. The van der Waals surface area contributed by atoms with E-state index in [2.05, 4.69) is 0 Å².